The summed E-state index contributed by atoms with van der Waals surface area (Å²) in [7, 11) is 0. The maximum atomic E-state index is 14.2. The van der Waals surface area contributed by atoms with E-state index in [0.717, 1.165) is 12.8 Å². The summed E-state index contributed by atoms with van der Waals surface area (Å²) in [6.45, 7) is 5.33. The Morgan fingerprint density at radius 2 is 2.04 bits per heavy atom. The third-order valence-corrected chi connectivity index (χ3v) is 4.31. The van der Waals surface area contributed by atoms with Gasteiger partial charge in [-0.2, -0.15) is 0 Å². The van der Waals surface area contributed by atoms with Crippen LogP contribution in [0.1, 0.15) is 38.2 Å². The molecule has 5 heteroatoms. The number of hydrogen-bond acceptors (Lipinski definition) is 3. The Balaban J connectivity index is 2.18. The van der Waals surface area contributed by atoms with Crippen LogP contribution in [0.3, 0.4) is 0 Å². The number of benzene rings is 1. The van der Waals surface area contributed by atoms with Crippen molar-refractivity contribution in [3.8, 4) is 0 Å². The van der Waals surface area contributed by atoms with Gasteiger partial charge in [0.25, 0.3) is 5.91 Å². The van der Waals surface area contributed by atoms with Gasteiger partial charge >= 0.3 is 5.97 Å². The summed E-state index contributed by atoms with van der Waals surface area (Å²) in [5.41, 5.74) is -0.626. The van der Waals surface area contributed by atoms with Gasteiger partial charge in [0.15, 0.2) is 6.10 Å². The van der Waals surface area contributed by atoms with Crippen molar-refractivity contribution >= 4 is 11.9 Å². The minimum absolute atomic E-state index is 0.305. The monoisotopic (exact) mass is 319 g/mol. The van der Waals surface area contributed by atoms with Gasteiger partial charge in [-0.25, -0.2) is 4.39 Å². The number of carbonyl (C=O) groups is 2. The van der Waals surface area contributed by atoms with Crippen LogP contribution in [0.25, 0.3) is 0 Å². The number of carbonyl (C=O) groups excluding carboxylic acids is 2. The first kappa shape index (κ1) is 17.2. The summed E-state index contributed by atoms with van der Waals surface area (Å²) >= 11 is 0. The zero-order valence-corrected chi connectivity index (χ0v) is 13.3. The zero-order chi connectivity index (χ0) is 16.9. The second-order valence-electron chi connectivity index (χ2n) is 5.85. The van der Waals surface area contributed by atoms with Gasteiger partial charge in [0.2, 0.25) is 0 Å². The molecule has 0 heterocycles. The molecule has 1 aromatic rings. The average Bonchev–Trinajstić information content (AvgIpc) is 3.03. The molecule has 4 nitrogen and oxygen atoms in total. The van der Waals surface area contributed by atoms with Crippen molar-refractivity contribution < 1.29 is 18.7 Å². The maximum absolute atomic E-state index is 14.2. The number of rotatable bonds is 6. The van der Waals surface area contributed by atoms with E-state index in [1.54, 1.807) is 24.3 Å². The molecule has 0 aliphatic heterocycles. The van der Waals surface area contributed by atoms with E-state index >= 15 is 0 Å². The molecule has 1 atom stereocenters. The number of nitrogens with one attached hydrogen (secondary N) is 1. The molecule has 1 fully saturated rings. The molecule has 1 N–H and O–H groups in total. The van der Waals surface area contributed by atoms with Gasteiger partial charge in [0.05, 0.1) is 5.41 Å². The second kappa shape index (κ2) is 7.40. The molecule has 1 aliphatic carbocycles. The molecule has 124 valence electrons. The highest BCUT2D eigenvalue weighted by atomic mass is 19.1. The molecule has 1 amide bonds. The number of hydrogen-bond donors (Lipinski definition) is 1. The lowest BCUT2D eigenvalue weighted by Gasteiger charge is -2.29. The molecular formula is C18H22FNO3. The van der Waals surface area contributed by atoms with Crippen molar-refractivity contribution in [3.05, 3.63) is 48.3 Å². The molecule has 0 aromatic heterocycles. The lowest BCUT2D eigenvalue weighted by atomic mass is 9.78. The largest absolute Gasteiger partial charge is 0.452 e. The van der Waals surface area contributed by atoms with Gasteiger partial charge in [-0.15, -0.1) is 6.58 Å². The molecule has 0 unspecified atom stereocenters. The van der Waals surface area contributed by atoms with Crippen LogP contribution in [0.2, 0.25) is 0 Å². The predicted molar refractivity (Wildman–Crippen MR) is 85.3 cm³/mol. The summed E-state index contributed by atoms with van der Waals surface area (Å²) < 4.78 is 19.6. The van der Waals surface area contributed by atoms with Crippen LogP contribution >= 0.6 is 0 Å². The Labute approximate surface area is 135 Å². The van der Waals surface area contributed by atoms with Crippen LogP contribution in [0, 0.1) is 5.82 Å². The number of amides is 1. The van der Waals surface area contributed by atoms with Crippen molar-refractivity contribution in [2.24, 2.45) is 0 Å². The summed E-state index contributed by atoms with van der Waals surface area (Å²) in [4.78, 5) is 24.6. The topological polar surface area (TPSA) is 55.4 Å². The molecule has 0 radical (unpaired) electrons. The van der Waals surface area contributed by atoms with E-state index < -0.39 is 23.3 Å². The third kappa shape index (κ3) is 3.60. The summed E-state index contributed by atoms with van der Waals surface area (Å²) in [5.74, 6) is -1.32. The fourth-order valence-electron chi connectivity index (χ4n) is 3.05. The second-order valence-corrected chi connectivity index (χ2v) is 5.85. The van der Waals surface area contributed by atoms with E-state index in [9.17, 15) is 14.0 Å². The Hall–Kier alpha value is -2.17. The summed E-state index contributed by atoms with van der Waals surface area (Å²) in [5, 5.41) is 2.58. The fourth-order valence-corrected chi connectivity index (χ4v) is 3.05. The fraction of sp³-hybridized carbons (Fsp3) is 0.444. The Kier molecular flexibility index (Phi) is 5.53. The molecule has 0 spiro atoms. The highest BCUT2D eigenvalue weighted by Crippen LogP contribution is 2.43. The van der Waals surface area contributed by atoms with E-state index in [4.69, 9.17) is 4.74 Å². The van der Waals surface area contributed by atoms with Gasteiger partial charge in [-0.1, -0.05) is 37.1 Å². The molecule has 23 heavy (non-hydrogen) atoms. The van der Waals surface area contributed by atoms with E-state index in [0.29, 0.717) is 24.9 Å². The minimum Gasteiger partial charge on any atom is -0.452 e. The highest BCUT2D eigenvalue weighted by Gasteiger charge is 2.46. The van der Waals surface area contributed by atoms with Crippen LogP contribution in [-0.4, -0.2) is 24.5 Å². The van der Waals surface area contributed by atoms with E-state index in [1.807, 2.05) is 0 Å². The zero-order valence-electron chi connectivity index (χ0n) is 13.3. The van der Waals surface area contributed by atoms with E-state index in [-0.39, 0.29) is 5.91 Å². The first-order valence-electron chi connectivity index (χ1n) is 7.86. The lowest BCUT2D eigenvalue weighted by molar-refractivity contribution is -0.160. The van der Waals surface area contributed by atoms with Gasteiger partial charge in [0.1, 0.15) is 5.82 Å². The quantitative estimate of drug-likeness (QED) is 0.648. The third-order valence-electron chi connectivity index (χ3n) is 4.31. The number of esters is 1. The van der Waals surface area contributed by atoms with Crippen molar-refractivity contribution in [2.75, 3.05) is 6.54 Å². The molecule has 0 bridgehead atoms. The molecule has 1 aliphatic rings. The van der Waals surface area contributed by atoms with Gasteiger partial charge < -0.3 is 10.1 Å². The molecular weight excluding hydrogens is 297 g/mol. The Morgan fingerprint density at radius 1 is 1.39 bits per heavy atom. The summed E-state index contributed by atoms with van der Waals surface area (Å²) in [6.07, 6.45) is 3.36. The SMILES string of the molecule is C=CCNC(=O)[C@H](C)OC(=O)C1(c2ccccc2F)CCCC1. The van der Waals surface area contributed by atoms with Crippen LogP contribution < -0.4 is 5.32 Å². The van der Waals surface area contributed by atoms with E-state index in [1.165, 1.54) is 13.0 Å². The molecule has 1 saturated carbocycles. The maximum Gasteiger partial charge on any atom is 0.317 e. The van der Waals surface area contributed by atoms with Crippen molar-refractivity contribution in [3.63, 3.8) is 0 Å². The Bertz CT molecular complexity index is 594. The first-order chi connectivity index (χ1) is 11.0. The molecule has 0 saturated heterocycles. The normalized spacial score (nSPS) is 17.3. The first-order valence-corrected chi connectivity index (χ1v) is 7.86. The van der Waals surface area contributed by atoms with Crippen molar-refractivity contribution in [1.82, 2.24) is 5.32 Å². The highest BCUT2D eigenvalue weighted by molar-refractivity contribution is 5.88. The van der Waals surface area contributed by atoms with Gasteiger partial charge in [0, 0.05) is 12.1 Å². The summed E-state index contributed by atoms with van der Waals surface area (Å²) in [6, 6.07) is 6.29. The van der Waals surface area contributed by atoms with Crippen LogP contribution in [0.4, 0.5) is 4.39 Å². The molecule has 1 aromatic carbocycles. The van der Waals surface area contributed by atoms with Crippen LogP contribution in [-0.2, 0) is 19.7 Å². The van der Waals surface area contributed by atoms with Gasteiger partial charge in [-0.3, -0.25) is 9.59 Å². The van der Waals surface area contributed by atoms with Crippen molar-refractivity contribution in [2.45, 2.75) is 44.1 Å². The minimum atomic E-state index is -0.988. The number of ether oxygens (including phenoxy) is 1. The molecule has 2 rings (SSSR count). The van der Waals surface area contributed by atoms with Crippen molar-refractivity contribution in [1.29, 1.82) is 0 Å². The number of halogens is 1. The Morgan fingerprint density at radius 3 is 2.65 bits per heavy atom. The average molecular weight is 319 g/mol. The van der Waals surface area contributed by atoms with Gasteiger partial charge in [-0.05, 0) is 25.8 Å². The predicted octanol–water partition coefficient (Wildman–Crippen LogP) is 2.87. The van der Waals surface area contributed by atoms with Crippen LogP contribution in [0.15, 0.2) is 36.9 Å². The smallest absolute Gasteiger partial charge is 0.317 e. The van der Waals surface area contributed by atoms with Crippen LogP contribution in [0.5, 0.6) is 0 Å². The van der Waals surface area contributed by atoms with E-state index in [2.05, 4.69) is 11.9 Å². The standard InChI is InChI=1S/C18H22FNO3/c1-3-12-20-16(21)13(2)23-17(22)18(10-6-7-11-18)14-8-4-5-9-15(14)19/h3-5,8-9,13H,1,6-7,10-12H2,2H3,(H,20,21)/t13-/m0/s1. The lowest BCUT2D eigenvalue weighted by Crippen LogP contribution is -2.42.